The van der Waals surface area contributed by atoms with E-state index in [1.54, 1.807) is 30.9 Å². The second kappa shape index (κ2) is 10.6. The highest BCUT2D eigenvalue weighted by Gasteiger charge is 2.32. The summed E-state index contributed by atoms with van der Waals surface area (Å²) >= 11 is 0. The van der Waals surface area contributed by atoms with Crippen LogP contribution in [0.1, 0.15) is 61.0 Å². The molecule has 0 aliphatic carbocycles. The maximum atomic E-state index is 14.4. The molecule has 0 saturated carbocycles. The number of hydrogen-bond acceptors (Lipinski definition) is 6. The van der Waals surface area contributed by atoms with E-state index >= 15 is 0 Å². The van der Waals surface area contributed by atoms with Gasteiger partial charge in [0.05, 0.1) is 6.20 Å². The molecule has 3 rings (SSSR count). The van der Waals surface area contributed by atoms with Gasteiger partial charge >= 0.3 is 12.1 Å². The zero-order valence-corrected chi connectivity index (χ0v) is 21.2. The van der Waals surface area contributed by atoms with Crippen LogP contribution < -0.4 is 4.74 Å². The number of benzene rings is 1. The fraction of sp³-hybridized carbons (Fsp3) is 0.500. The van der Waals surface area contributed by atoms with Crippen LogP contribution in [0.2, 0.25) is 0 Å². The minimum Gasteiger partial charge on any atom is -0.483 e. The Hall–Kier alpha value is -3.20. The molecule has 1 aromatic carbocycles. The van der Waals surface area contributed by atoms with Crippen molar-refractivity contribution >= 4 is 12.1 Å². The zero-order valence-electron chi connectivity index (χ0n) is 21.2. The highest BCUT2D eigenvalue weighted by Crippen LogP contribution is 2.27. The molecule has 35 heavy (non-hydrogen) atoms. The van der Waals surface area contributed by atoms with Crippen LogP contribution in [-0.2, 0) is 4.74 Å². The van der Waals surface area contributed by atoms with Crippen LogP contribution in [0.25, 0.3) is 0 Å². The van der Waals surface area contributed by atoms with Crippen molar-refractivity contribution in [3.8, 4) is 5.75 Å². The van der Waals surface area contributed by atoms with E-state index in [9.17, 15) is 19.1 Å². The molecule has 0 unspecified atom stereocenters. The second-order valence-electron chi connectivity index (χ2n) is 10.0. The number of carboxylic acids is 1. The molecular formula is C26H34FN3O5. The third-order valence-electron chi connectivity index (χ3n) is 5.87. The Balaban J connectivity index is 1.78. The van der Waals surface area contributed by atoms with Gasteiger partial charge in [0.2, 0.25) is 0 Å². The van der Waals surface area contributed by atoms with Gasteiger partial charge < -0.3 is 19.5 Å². The molecule has 1 fully saturated rings. The largest absolute Gasteiger partial charge is 0.483 e. The normalized spacial score (nSPS) is 17.7. The lowest BCUT2D eigenvalue weighted by Gasteiger charge is -2.41. The molecule has 190 valence electrons. The van der Waals surface area contributed by atoms with Gasteiger partial charge in [-0.2, -0.15) is 0 Å². The molecule has 8 nitrogen and oxygen atoms in total. The Morgan fingerprint density at radius 1 is 1.20 bits per heavy atom. The summed E-state index contributed by atoms with van der Waals surface area (Å²) in [7, 11) is 0. The number of carboxylic acid groups (broad SMARTS) is 1. The molecule has 1 saturated heterocycles. The Labute approximate surface area is 205 Å². The Kier molecular flexibility index (Phi) is 8.00. The van der Waals surface area contributed by atoms with Gasteiger partial charge in [0.1, 0.15) is 23.3 Å². The quantitative estimate of drug-likeness (QED) is 0.637. The number of aromatic carboxylic acids is 1. The maximum absolute atomic E-state index is 14.4. The fourth-order valence-corrected chi connectivity index (χ4v) is 4.05. The van der Waals surface area contributed by atoms with Crippen molar-refractivity contribution in [3.05, 3.63) is 58.7 Å². The lowest BCUT2D eigenvalue weighted by molar-refractivity contribution is -0.00301. The van der Waals surface area contributed by atoms with Crippen molar-refractivity contribution in [1.82, 2.24) is 14.8 Å². The lowest BCUT2D eigenvalue weighted by Crippen LogP contribution is -2.55. The molecule has 1 amide bonds. The van der Waals surface area contributed by atoms with Crippen molar-refractivity contribution < 1.29 is 28.6 Å². The minimum atomic E-state index is -1.11. The summed E-state index contributed by atoms with van der Waals surface area (Å²) in [4.78, 5) is 31.8. The first-order valence-corrected chi connectivity index (χ1v) is 11.7. The standard InChI is InChI=1S/C26H34FN3O5/c1-16-7-8-19(12-21(16)27)22(34-20-11-17(2)23(24(31)32)28-13-20)15-29-9-10-30(18(3)14-29)25(33)35-26(4,5)6/h7-8,11-13,18,22H,9-10,14-15H2,1-6H3,(H,31,32)/t18-,22-/m1/s1. The number of amides is 1. The molecule has 9 heteroatoms. The summed E-state index contributed by atoms with van der Waals surface area (Å²) in [5, 5.41) is 9.25. The maximum Gasteiger partial charge on any atom is 0.410 e. The number of piperazine rings is 1. The summed E-state index contributed by atoms with van der Waals surface area (Å²) in [5.74, 6) is -1.03. The van der Waals surface area contributed by atoms with Gasteiger partial charge in [-0.1, -0.05) is 12.1 Å². The molecule has 1 aliphatic rings. The van der Waals surface area contributed by atoms with Crippen molar-refractivity contribution in [2.75, 3.05) is 26.2 Å². The van der Waals surface area contributed by atoms with Crippen LogP contribution in [-0.4, -0.2) is 69.8 Å². The third kappa shape index (κ3) is 6.91. The van der Waals surface area contributed by atoms with E-state index in [1.807, 2.05) is 33.8 Å². The van der Waals surface area contributed by atoms with Crippen LogP contribution in [0.5, 0.6) is 5.75 Å². The summed E-state index contributed by atoms with van der Waals surface area (Å²) in [6, 6.07) is 6.55. The average Bonchev–Trinajstić information content (AvgIpc) is 2.74. The smallest absolute Gasteiger partial charge is 0.410 e. The number of ether oxygens (including phenoxy) is 2. The summed E-state index contributed by atoms with van der Waals surface area (Å²) in [6.07, 6.45) is 0.511. The highest BCUT2D eigenvalue weighted by atomic mass is 19.1. The second-order valence-corrected chi connectivity index (χ2v) is 10.0. The monoisotopic (exact) mass is 487 g/mol. The minimum absolute atomic E-state index is 0.0395. The van der Waals surface area contributed by atoms with Gasteiger partial charge in [0.25, 0.3) is 0 Å². The van der Waals surface area contributed by atoms with Gasteiger partial charge in [-0.3, -0.25) is 4.90 Å². The average molecular weight is 488 g/mol. The van der Waals surface area contributed by atoms with Gasteiger partial charge in [0, 0.05) is 32.2 Å². The van der Waals surface area contributed by atoms with Crippen LogP contribution in [0.3, 0.4) is 0 Å². The number of nitrogens with zero attached hydrogens (tertiary/aromatic N) is 3. The Bertz CT molecular complexity index is 1090. The van der Waals surface area contributed by atoms with E-state index in [-0.39, 0.29) is 23.6 Å². The molecule has 1 N–H and O–H groups in total. The molecule has 2 heterocycles. The number of aromatic nitrogens is 1. The molecule has 2 atom stereocenters. The predicted octanol–water partition coefficient (Wildman–Crippen LogP) is 4.60. The number of hydrogen-bond donors (Lipinski definition) is 1. The van der Waals surface area contributed by atoms with E-state index < -0.39 is 17.7 Å². The van der Waals surface area contributed by atoms with Gasteiger partial charge in [-0.25, -0.2) is 19.0 Å². The first-order chi connectivity index (χ1) is 16.3. The number of pyridine rings is 1. The summed E-state index contributed by atoms with van der Waals surface area (Å²) < 4.78 is 26.1. The number of halogens is 1. The Morgan fingerprint density at radius 3 is 2.49 bits per heavy atom. The molecule has 1 aromatic heterocycles. The van der Waals surface area contributed by atoms with Gasteiger partial charge in [0.15, 0.2) is 5.69 Å². The van der Waals surface area contributed by atoms with E-state index in [2.05, 4.69) is 9.88 Å². The van der Waals surface area contributed by atoms with E-state index in [0.717, 1.165) is 0 Å². The molecular weight excluding hydrogens is 453 g/mol. The summed E-state index contributed by atoms with van der Waals surface area (Å²) in [5.41, 5.74) is 1.07. The van der Waals surface area contributed by atoms with Gasteiger partial charge in [-0.05, 0) is 70.4 Å². The number of carbonyl (C=O) groups excluding carboxylic acids is 1. The van der Waals surface area contributed by atoms with Crippen LogP contribution >= 0.6 is 0 Å². The topological polar surface area (TPSA) is 92.2 Å². The van der Waals surface area contributed by atoms with E-state index in [4.69, 9.17) is 9.47 Å². The SMILES string of the molecule is Cc1ccc([C@@H](CN2CCN(C(=O)OC(C)(C)C)[C@H](C)C2)Oc2cnc(C(=O)O)c(C)c2)cc1F. The first-order valence-electron chi connectivity index (χ1n) is 11.7. The molecule has 0 spiro atoms. The first kappa shape index (κ1) is 26.4. The van der Waals surface area contributed by atoms with Crippen LogP contribution in [0, 0.1) is 19.7 Å². The summed E-state index contributed by atoms with van der Waals surface area (Å²) in [6.45, 7) is 13.0. The molecule has 0 radical (unpaired) electrons. The van der Waals surface area contributed by atoms with Crippen molar-refractivity contribution in [1.29, 1.82) is 0 Å². The lowest BCUT2D eigenvalue weighted by atomic mass is 10.0. The Morgan fingerprint density at radius 2 is 1.91 bits per heavy atom. The molecule has 1 aliphatic heterocycles. The van der Waals surface area contributed by atoms with Crippen molar-refractivity contribution in [2.45, 2.75) is 59.3 Å². The predicted molar refractivity (Wildman–Crippen MR) is 129 cm³/mol. The van der Waals surface area contributed by atoms with E-state index in [1.165, 1.54) is 12.3 Å². The van der Waals surface area contributed by atoms with Crippen molar-refractivity contribution in [2.24, 2.45) is 0 Å². The highest BCUT2D eigenvalue weighted by molar-refractivity contribution is 5.87. The van der Waals surface area contributed by atoms with Crippen LogP contribution in [0.15, 0.2) is 30.5 Å². The molecule has 2 aromatic rings. The number of aryl methyl sites for hydroxylation is 2. The van der Waals surface area contributed by atoms with E-state index in [0.29, 0.717) is 48.6 Å². The fourth-order valence-electron chi connectivity index (χ4n) is 4.05. The molecule has 0 bridgehead atoms. The number of carbonyl (C=O) groups is 2. The van der Waals surface area contributed by atoms with Crippen molar-refractivity contribution in [3.63, 3.8) is 0 Å². The van der Waals surface area contributed by atoms with Gasteiger partial charge in [-0.15, -0.1) is 0 Å². The third-order valence-corrected chi connectivity index (χ3v) is 5.87. The van der Waals surface area contributed by atoms with Crippen LogP contribution in [0.4, 0.5) is 9.18 Å². The zero-order chi connectivity index (χ0) is 25.9. The number of rotatable bonds is 6.